The summed E-state index contributed by atoms with van der Waals surface area (Å²) in [6.07, 6.45) is -0.905. The van der Waals surface area contributed by atoms with Gasteiger partial charge in [0.05, 0.1) is 10.7 Å². The predicted octanol–water partition coefficient (Wildman–Crippen LogP) is 2.44. The third-order valence-electron chi connectivity index (χ3n) is 3.24. The fourth-order valence-electron chi connectivity index (χ4n) is 1.85. The van der Waals surface area contributed by atoms with Gasteiger partial charge in [-0.3, -0.25) is 30.6 Å². The van der Waals surface area contributed by atoms with Crippen molar-refractivity contribution in [2.75, 3.05) is 5.75 Å². The van der Waals surface area contributed by atoms with Crippen LogP contribution < -0.4 is 15.6 Å². The highest BCUT2D eigenvalue weighted by Crippen LogP contribution is 2.21. The van der Waals surface area contributed by atoms with Crippen molar-refractivity contribution >= 4 is 29.3 Å². The van der Waals surface area contributed by atoms with Crippen LogP contribution in [-0.4, -0.2) is 28.6 Å². The molecule has 0 aliphatic rings. The van der Waals surface area contributed by atoms with Crippen LogP contribution in [-0.2, 0) is 9.59 Å². The minimum Gasteiger partial charge on any atom is -0.481 e. The number of nitrogens with zero attached hydrogens (tertiary/aromatic N) is 1. The summed E-state index contributed by atoms with van der Waals surface area (Å²) in [6, 6.07) is 10.9. The SMILES string of the molecule is CC(Oc1ccc(F)cc1)C(=O)NNC(=O)CSc1ccc([N+](=O)[O-])cc1. The number of halogens is 1. The van der Waals surface area contributed by atoms with Gasteiger partial charge in [-0.05, 0) is 43.3 Å². The largest absolute Gasteiger partial charge is 0.481 e. The Hall–Kier alpha value is -3.14. The van der Waals surface area contributed by atoms with E-state index >= 15 is 0 Å². The Labute approximate surface area is 158 Å². The van der Waals surface area contributed by atoms with E-state index in [2.05, 4.69) is 10.9 Å². The van der Waals surface area contributed by atoms with Gasteiger partial charge < -0.3 is 4.74 Å². The highest BCUT2D eigenvalue weighted by Gasteiger charge is 2.15. The Morgan fingerprint density at radius 3 is 2.37 bits per heavy atom. The molecule has 10 heteroatoms. The minimum absolute atomic E-state index is 0.00525. The summed E-state index contributed by atoms with van der Waals surface area (Å²) in [5.74, 6) is -1.13. The predicted molar refractivity (Wildman–Crippen MR) is 96.6 cm³/mol. The molecule has 142 valence electrons. The van der Waals surface area contributed by atoms with Crippen molar-refractivity contribution in [2.24, 2.45) is 0 Å². The van der Waals surface area contributed by atoms with Gasteiger partial charge >= 0.3 is 0 Å². The van der Waals surface area contributed by atoms with E-state index in [9.17, 15) is 24.1 Å². The summed E-state index contributed by atoms with van der Waals surface area (Å²) in [5.41, 5.74) is 4.45. The highest BCUT2D eigenvalue weighted by atomic mass is 32.2. The minimum atomic E-state index is -0.905. The number of non-ortho nitro benzene ring substituents is 1. The molecule has 0 heterocycles. The van der Waals surface area contributed by atoms with Crippen LogP contribution >= 0.6 is 11.8 Å². The van der Waals surface area contributed by atoms with Crippen LogP contribution in [0.2, 0.25) is 0 Å². The van der Waals surface area contributed by atoms with Gasteiger partial charge in [0.25, 0.3) is 11.6 Å². The molecule has 0 spiro atoms. The maximum atomic E-state index is 12.8. The van der Waals surface area contributed by atoms with E-state index < -0.39 is 28.7 Å². The molecule has 0 fully saturated rings. The Bertz CT molecular complexity index is 814. The molecule has 2 aromatic carbocycles. The van der Waals surface area contributed by atoms with Gasteiger partial charge in [0.2, 0.25) is 5.91 Å². The number of carbonyl (C=O) groups is 2. The topological polar surface area (TPSA) is 111 Å². The number of carbonyl (C=O) groups excluding carboxylic acids is 2. The molecule has 0 radical (unpaired) electrons. The van der Waals surface area contributed by atoms with Crippen LogP contribution in [0.3, 0.4) is 0 Å². The van der Waals surface area contributed by atoms with Crippen LogP contribution in [0.1, 0.15) is 6.92 Å². The molecule has 2 amide bonds. The normalized spacial score (nSPS) is 11.3. The fourth-order valence-corrected chi connectivity index (χ4v) is 2.55. The van der Waals surface area contributed by atoms with Crippen molar-refractivity contribution in [3.05, 3.63) is 64.5 Å². The maximum absolute atomic E-state index is 12.8. The van der Waals surface area contributed by atoms with E-state index in [4.69, 9.17) is 4.74 Å². The van der Waals surface area contributed by atoms with Crippen LogP contribution in [0.4, 0.5) is 10.1 Å². The first-order valence-electron chi connectivity index (χ1n) is 7.73. The number of nitro groups is 1. The summed E-state index contributed by atoms with van der Waals surface area (Å²) < 4.78 is 18.2. The molecule has 8 nitrogen and oxygen atoms in total. The van der Waals surface area contributed by atoms with E-state index in [1.807, 2.05) is 0 Å². The van der Waals surface area contributed by atoms with E-state index in [1.165, 1.54) is 55.5 Å². The average Bonchev–Trinajstić information content (AvgIpc) is 2.66. The average molecular weight is 393 g/mol. The lowest BCUT2D eigenvalue weighted by Crippen LogP contribution is -2.47. The molecule has 0 aliphatic heterocycles. The number of hydrogen-bond donors (Lipinski definition) is 2. The lowest BCUT2D eigenvalue weighted by atomic mass is 10.3. The number of hydrazine groups is 1. The number of nitro benzene ring substituents is 1. The third kappa shape index (κ3) is 6.59. The second-order valence-corrected chi connectivity index (χ2v) is 6.34. The van der Waals surface area contributed by atoms with Crippen LogP contribution in [0.15, 0.2) is 53.4 Å². The maximum Gasteiger partial charge on any atom is 0.279 e. The molecule has 0 aliphatic carbocycles. The summed E-state index contributed by atoms with van der Waals surface area (Å²) >= 11 is 1.16. The van der Waals surface area contributed by atoms with Crippen LogP contribution in [0.25, 0.3) is 0 Å². The molecule has 0 bridgehead atoms. The lowest BCUT2D eigenvalue weighted by Gasteiger charge is -2.15. The quantitative estimate of drug-likeness (QED) is 0.425. The van der Waals surface area contributed by atoms with Gasteiger partial charge in [0, 0.05) is 17.0 Å². The number of rotatable bonds is 7. The molecule has 0 saturated heterocycles. The number of ether oxygens (including phenoxy) is 1. The molecule has 1 atom stereocenters. The summed E-state index contributed by atoms with van der Waals surface area (Å²) in [7, 11) is 0. The number of amides is 2. The van der Waals surface area contributed by atoms with E-state index in [1.54, 1.807) is 0 Å². The van der Waals surface area contributed by atoms with E-state index in [-0.39, 0.29) is 11.4 Å². The monoisotopic (exact) mass is 393 g/mol. The molecular formula is C17H16FN3O5S. The van der Waals surface area contributed by atoms with E-state index in [0.717, 1.165) is 11.8 Å². The van der Waals surface area contributed by atoms with Crippen molar-refractivity contribution in [1.82, 2.24) is 10.9 Å². The zero-order chi connectivity index (χ0) is 19.8. The summed E-state index contributed by atoms with van der Waals surface area (Å²) in [5, 5.41) is 10.6. The molecule has 2 aromatic rings. The molecular weight excluding hydrogens is 377 g/mol. The lowest BCUT2D eigenvalue weighted by molar-refractivity contribution is -0.384. The molecule has 0 saturated carbocycles. The Balaban J connectivity index is 1.73. The number of nitrogens with one attached hydrogen (secondary N) is 2. The van der Waals surface area contributed by atoms with Gasteiger partial charge in [-0.1, -0.05) is 0 Å². The Kier molecular flexibility index (Phi) is 7.12. The number of benzene rings is 2. The van der Waals surface area contributed by atoms with Crippen molar-refractivity contribution in [3.63, 3.8) is 0 Å². The standard InChI is InChI=1S/C17H16FN3O5S/c1-11(26-14-6-2-12(18)3-7-14)17(23)20-19-16(22)10-27-15-8-4-13(5-9-15)21(24)25/h2-9,11H,10H2,1H3,(H,19,22)(H,20,23). The summed E-state index contributed by atoms with van der Waals surface area (Å²) in [4.78, 5) is 34.4. The number of hydrogen-bond acceptors (Lipinski definition) is 6. The first-order chi connectivity index (χ1) is 12.8. The van der Waals surface area contributed by atoms with Crippen LogP contribution in [0, 0.1) is 15.9 Å². The smallest absolute Gasteiger partial charge is 0.279 e. The van der Waals surface area contributed by atoms with Crippen molar-refractivity contribution in [3.8, 4) is 5.75 Å². The first kappa shape index (κ1) is 20.2. The molecule has 27 heavy (non-hydrogen) atoms. The summed E-state index contributed by atoms with van der Waals surface area (Å²) in [6.45, 7) is 1.48. The molecule has 1 unspecified atom stereocenters. The zero-order valence-corrected chi connectivity index (χ0v) is 15.0. The van der Waals surface area contributed by atoms with Gasteiger partial charge in [0.1, 0.15) is 11.6 Å². The van der Waals surface area contributed by atoms with Gasteiger partial charge in [-0.2, -0.15) is 0 Å². The van der Waals surface area contributed by atoms with Crippen LogP contribution in [0.5, 0.6) is 5.75 Å². The molecule has 0 aromatic heterocycles. The third-order valence-corrected chi connectivity index (χ3v) is 4.25. The zero-order valence-electron chi connectivity index (χ0n) is 14.2. The second kappa shape index (κ2) is 9.53. The van der Waals surface area contributed by atoms with Gasteiger partial charge in [0.15, 0.2) is 6.10 Å². The van der Waals surface area contributed by atoms with Gasteiger partial charge in [-0.15, -0.1) is 11.8 Å². The van der Waals surface area contributed by atoms with Gasteiger partial charge in [-0.25, -0.2) is 4.39 Å². The van der Waals surface area contributed by atoms with E-state index in [0.29, 0.717) is 10.6 Å². The first-order valence-corrected chi connectivity index (χ1v) is 8.72. The highest BCUT2D eigenvalue weighted by molar-refractivity contribution is 8.00. The second-order valence-electron chi connectivity index (χ2n) is 5.29. The Morgan fingerprint density at radius 2 is 1.78 bits per heavy atom. The molecule has 2 rings (SSSR count). The fraction of sp³-hybridized carbons (Fsp3) is 0.176. The molecule has 2 N–H and O–H groups in total. The van der Waals surface area contributed by atoms with Crippen molar-refractivity contribution in [2.45, 2.75) is 17.9 Å². The van der Waals surface area contributed by atoms with Crippen molar-refractivity contribution < 1.29 is 23.6 Å². The Morgan fingerprint density at radius 1 is 1.15 bits per heavy atom. The van der Waals surface area contributed by atoms with Crippen molar-refractivity contribution in [1.29, 1.82) is 0 Å². The number of thioether (sulfide) groups is 1.